The molecule has 3 rings (SSSR count). The minimum absolute atomic E-state index is 0.0368. The lowest BCUT2D eigenvalue weighted by Gasteiger charge is -2.10. The van der Waals surface area contributed by atoms with Gasteiger partial charge in [-0.15, -0.1) is 0 Å². The second kappa shape index (κ2) is 9.43. The number of carbonyl (C=O) groups excluding carboxylic acids is 1. The number of halogens is 2. The quantitative estimate of drug-likeness (QED) is 0.290. The van der Waals surface area contributed by atoms with Crippen LogP contribution in [0.1, 0.15) is 15.9 Å². The third kappa shape index (κ3) is 5.16. The minimum Gasteiger partial charge on any atom is -0.465 e. The number of nitrogens with one attached hydrogen (secondary N) is 1. The van der Waals surface area contributed by atoms with E-state index in [1.54, 1.807) is 30.3 Å². The van der Waals surface area contributed by atoms with E-state index < -0.39 is 10.9 Å². The van der Waals surface area contributed by atoms with Gasteiger partial charge in [-0.2, -0.15) is 4.98 Å². The normalized spacial score (nSPS) is 10.4. The molecule has 0 spiro atoms. The van der Waals surface area contributed by atoms with Gasteiger partial charge >= 0.3 is 11.7 Å². The number of esters is 1. The van der Waals surface area contributed by atoms with Gasteiger partial charge in [0, 0.05) is 18.7 Å². The number of nitro groups is 1. The molecule has 0 radical (unpaired) electrons. The summed E-state index contributed by atoms with van der Waals surface area (Å²) >= 11 is 11.9. The first-order valence-corrected chi connectivity index (χ1v) is 9.32. The molecule has 0 unspecified atom stereocenters. The lowest BCUT2D eigenvalue weighted by atomic mass is 10.2. The van der Waals surface area contributed by atoms with E-state index in [9.17, 15) is 14.9 Å². The summed E-state index contributed by atoms with van der Waals surface area (Å²) in [7, 11) is 1.29. The number of anilines is 1. The van der Waals surface area contributed by atoms with Crippen LogP contribution in [0.5, 0.6) is 11.6 Å². The van der Waals surface area contributed by atoms with Gasteiger partial charge in [-0.05, 0) is 42.0 Å². The number of aromatic nitrogens is 1. The number of hydrogen-bond acceptors (Lipinski definition) is 7. The number of hydrogen-bond donors (Lipinski definition) is 1. The largest absolute Gasteiger partial charge is 0.465 e. The summed E-state index contributed by atoms with van der Waals surface area (Å²) in [6.45, 7) is 0.238. The maximum Gasteiger partial charge on any atom is 0.337 e. The molecule has 0 aliphatic carbocycles. The smallest absolute Gasteiger partial charge is 0.337 e. The molecule has 3 aromatic rings. The first-order valence-electron chi connectivity index (χ1n) is 8.57. The number of rotatable bonds is 7. The Morgan fingerprint density at radius 3 is 2.47 bits per heavy atom. The summed E-state index contributed by atoms with van der Waals surface area (Å²) in [5.74, 6) is 0.112. The molecule has 0 saturated heterocycles. The Hall–Kier alpha value is -3.36. The monoisotopic (exact) mass is 447 g/mol. The molecule has 10 heteroatoms. The van der Waals surface area contributed by atoms with Crippen LogP contribution in [0.2, 0.25) is 10.0 Å². The maximum atomic E-state index is 11.5. The number of nitrogens with zero attached hydrogens (tertiary/aromatic N) is 2. The van der Waals surface area contributed by atoms with Crippen LogP contribution in [-0.2, 0) is 11.3 Å². The molecule has 0 atom stereocenters. The highest BCUT2D eigenvalue weighted by Crippen LogP contribution is 2.29. The fraction of sp³-hybridized carbons (Fsp3) is 0.100. The standard InChI is InChI=1S/C20H15Cl2N3O5/c1-29-20(26)13-3-5-14(6-4-13)30-18-9-8-17(25(27)28)19(24-18)23-11-12-2-7-15(21)16(22)10-12/h2-10H,11H2,1H3,(H,23,24). The average molecular weight is 448 g/mol. The van der Waals surface area contributed by atoms with Crippen molar-refractivity contribution in [2.75, 3.05) is 12.4 Å². The summed E-state index contributed by atoms with van der Waals surface area (Å²) < 4.78 is 10.3. The molecule has 154 valence electrons. The van der Waals surface area contributed by atoms with Gasteiger partial charge in [-0.1, -0.05) is 29.3 Å². The first kappa shape index (κ1) is 21.4. The van der Waals surface area contributed by atoms with Crippen molar-refractivity contribution in [1.82, 2.24) is 4.98 Å². The summed E-state index contributed by atoms with van der Waals surface area (Å²) in [6.07, 6.45) is 0. The van der Waals surface area contributed by atoms with Crippen LogP contribution in [0.25, 0.3) is 0 Å². The number of benzene rings is 2. The second-order valence-electron chi connectivity index (χ2n) is 5.99. The lowest BCUT2D eigenvalue weighted by molar-refractivity contribution is -0.384. The second-order valence-corrected chi connectivity index (χ2v) is 6.81. The Bertz CT molecular complexity index is 1090. The third-order valence-electron chi connectivity index (χ3n) is 3.99. The van der Waals surface area contributed by atoms with E-state index in [4.69, 9.17) is 27.9 Å². The third-order valence-corrected chi connectivity index (χ3v) is 4.73. The van der Waals surface area contributed by atoms with E-state index in [0.29, 0.717) is 21.4 Å². The first-order chi connectivity index (χ1) is 14.4. The average Bonchev–Trinajstić information content (AvgIpc) is 2.74. The number of carbonyl (C=O) groups is 1. The van der Waals surface area contributed by atoms with Crippen molar-refractivity contribution in [2.24, 2.45) is 0 Å². The summed E-state index contributed by atoms with van der Waals surface area (Å²) in [4.78, 5) is 26.5. The molecule has 0 saturated carbocycles. The Morgan fingerprint density at radius 2 is 1.83 bits per heavy atom. The van der Waals surface area contributed by atoms with Gasteiger partial charge in [0.15, 0.2) is 0 Å². The Morgan fingerprint density at radius 1 is 1.10 bits per heavy atom. The highest BCUT2D eigenvalue weighted by atomic mass is 35.5. The van der Waals surface area contributed by atoms with E-state index in [-0.39, 0.29) is 23.9 Å². The molecular formula is C20H15Cl2N3O5. The van der Waals surface area contributed by atoms with Crippen LogP contribution in [0.4, 0.5) is 11.5 Å². The molecule has 1 N–H and O–H groups in total. The highest BCUT2D eigenvalue weighted by molar-refractivity contribution is 6.42. The van der Waals surface area contributed by atoms with Crippen LogP contribution >= 0.6 is 23.2 Å². The highest BCUT2D eigenvalue weighted by Gasteiger charge is 2.17. The van der Waals surface area contributed by atoms with Crippen molar-refractivity contribution in [2.45, 2.75) is 6.54 Å². The molecule has 0 bridgehead atoms. The molecule has 8 nitrogen and oxygen atoms in total. The molecule has 2 aromatic carbocycles. The van der Waals surface area contributed by atoms with Gasteiger partial charge < -0.3 is 14.8 Å². The molecule has 30 heavy (non-hydrogen) atoms. The van der Waals surface area contributed by atoms with Crippen molar-refractivity contribution in [1.29, 1.82) is 0 Å². The van der Waals surface area contributed by atoms with Crippen molar-refractivity contribution in [3.05, 3.63) is 85.9 Å². The zero-order valence-corrected chi connectivity index (χ0v) is 17.1. The van der Waals surface area contributed by atoms with Crippen LogP contribution in [0.15, 0.2) is 54.6 Å². The Balaban J connectivity index is 1.79. The van der Waals surface area contributed by atoms with Gasteiger partial charge in [0.05, 0.1) is 27.6 Å². The van der Waals surface area contributed by atoms with Crippen LogP contribution < -0.4 is 10.1 Å². The Kier molecular flexibility index (Phi) is 6.71. The summed E-state index contributed by atoms with van der Waals surface area (Å²) in [5, 5.41) is 15.0. The van der Waals surface area contributed by atoms with Crippen LogP contribution in [0, 0.1) is 10.1 Å². The van der Waals surface area contributed by atoms with E-state index in [2.05, 4.69) is 15.0 Å². The maximum absolute atomic E-state index is 11.5. The van der Waals surface area contributed by atoms with Gasteiger partial charge in [0.25, 0.3) is 0 Å². The molecule has 0 fully saturated rings. The van der Waals surface area contributed by atoms with Crippen LogP contribution in [0.3, 0.4) is 0 Å². The number of ether oxygens (including phenoxy) is 2. The van der Waals surface area contributed by atoms with Gasteiger partial charge in [-0.3, -0.25) is 10.1 Å². The van der Waals surface area contributed by atoms with Gasteiger partial charge in [0.2, 0.25) is 11.7 Å². The molecular weight excluding hydrogens is 433 g/mol. The van der Waals surface area contributed by atoms with E-state index >= 15 is 0 Å². The molecule has 1 heterocycles. The Labute approximate surface area is 181 Å². The number of pyridine rings is 1. The van der Waals surface area contributed by atoms with Crippen molar-refractivity contribution < 1.29 is 19.2 Å². The van der Waals surface area contributed by atoms with Gasteiger partial charge in [-0.25, -0.2) is 4.79 Å². The minimum atomic E-state index is -0.543. The fourth-order valence-electron chi connectivity index (χ4n) is 2.50. The summed E-state index contributed by atoms with van der Waals surface area (Å²) in [6, 6.07) is 13.9. The van der Waals surface area contributed by atoms with E-state index in [0.717, 1.165) is 5.56 Å². The summed E-state index contributed by atoms with van der Waals surface area (Å²) in [5.41, 5.74) is 0.930. The molecule has 1 aromatic heterocycles. The molecule has 0 aliphatic heterocycles. The van der Waals surface area contributed by atoms with Crippen molar-refractivity contribution in [3.8, 4) is 11.6 Å². The van der Waals surface area contributed by atoms with Crippen molar-refractivity contribution in [3.63, 3.8) is 0 Å². The van der Waals surface area contributed by atoms with Crippen LogP contribution in [-0.4, -0.2) is 23.0 Å². The predicted octanol–water partition coefficient (Wildman–Crippen LogP) is 5.49. The zero-order chi connectivity index (χ0) is 21.7. The van der Waals surface area contributed by atoms with E-state index in [1.165, 1.54) is 31.4 Å². The van der Waals surface area contributed by atoms with E-state index in [1.807, 2.05) is 0 Å². The fourth-order valence-corrected chi connectivity index (χ4v) is 2.82. The predicted molar refractivity (Wildman–Crippen MR) is 113 cm³/mol. The zero-order valence-electron chi connectivity index (χ0n) is 15.6. The molecule has 0 aliphatic rings. The number of methoxy groups -OCH3 is 1. The topological polar surface area (TPSA) is 104 Å². The molecule has 0 amide bonds. The lowest BCUT2D eigenvalue weighted by Crippen LogP contribution is -2.05. The van der Waals surface area contributed by atoms with Crippen molar-refractivity contribution >= 4 is 40.7 Å². The van der Waals surface area contributed by atoms with Gasteiger partial charge in [0.1, 0.15) is 5.75 Å². The SMILES string of the molecule is COC(=O)c1ccc(Oc2ccc([N+](=O)[O-])c(NCc3ccc(Cl)c(Cl)c3)n2)cc1.